The van der Waals surface area contributed by atoms with Crippen molar-refractivity contribution < 1.29 is 14.6 Å². The van der Waals surface area contributed by atoms with Crippen LogP contribution in [0.15, 0.2) is 85.2 Å². The maximum atomic E-state index is 12.6. The largest absolute Gasteiger partial charge is 0.355 e. The Morgan fingerprint density at radius 3 is 2.05 bits per heavy atom. The van der Waals surface area contributed by atoms with E-state index in [-0.39, 0.29) is 28.3 Å². The van der Waals surface area contributed by atoms with E-state index in [1.807, 2.05) is 41.3 Å². The molecule has 0 bridgehead atoms. The van der Waals surface area contributed by atoms with Gasteiger partial charge in [0, 0.05) is 37.8 Å². The van der Waals surface area contributed by atoms with Crippen molar-refractivity contribution in [3.8, 4) is 0 Å². The quantitative estimate of drug-likeness (QED) is 0.209. The number of carbonyl (C=O) groups is 1. The lowest BCUT2D eigenvalue weighted by molar-refractivity contribution is -0.384. The average Bonchev–Trinajstić information content (AvgIpc) is 3.01. The molecule has 1 amide bonds. The molecule has 5 rings (SSSR count). The molecule has 1 aliphatic rings. The fourth-order valence-corrected chi connectivity index (χ4v) is 5.11. The third-order valence-corrected chi connectivity index (χ3v) is 7.21. The van der Waals surface area contributed by atoms with Gasteiger partial charge in [0.15, 0.2) is 0 Å². The molecule has 3 aromatic carbocycles. The summed E-state index contributed by atoms with van der Waals surface area (Å²) in [5, 5.41) is 23.2. The summed E-state index contributed by atoms with van der Waals surface area (Å²) in [7, 11) is 0. The van der Waals surface area contributed by atoms with Gasteiger partial charge in [0.05, 0.1) is 15.9 Å². The second kappa shape index (κ2) is 12.6. The van der Waals surface area contributed by atoms with Gasteiger partial charge in [0.1, 0.15) is 11.3 Å². The highest BCUT2D eigenvalue weighted by atomic mass is 35.5. The first-order chi connectivity index (χ1) is 20.3. The zero-order valence-corrected chi connectivity index (χ0v) is 22.8. The van der Waals surface area contributed by atoms with E-state index in [1.165, 1.54) is 18.5 Å². The molecule has 0 spiro atoms. The van der Waals surface area contributed by atoms with Gasteiger partial charge in [-0.15, -0.1) is 0 Å². The van der Waals surface area contributed by atoms with E-state index in [0.29, 0.717) is 26.2 Å². The van der Waals surface area contributed by atoms with Crippen LogP contribution >= 0.6 is 11.6 Å². The predicted octanol–water partition coefficient (Wildman–Crippen LogP) is 4.61. The van der Waals surface area contributed by atoms with Crippen LogP contribution < -0.4 is 15.8 Å². The average molecular weight is 589 g/mol. The second-order valence-corrected chi connectivity index (χ2v) is 9.81. The number of piperazine rings is 1. The van der Waals surface area contributed by atoms with Crippen molar-refractivity contribution >= 4 is 40.5 Å². The fourth-order valence-electron chi connectivity index (χ4n) is 4.92. The highest BCUT2D eigenvalue weighted by Crippen LogP contribution is 2.34. The summed E-state index contributed by atoms with van der Waals surface area (Å²) in [6, 6.07) is 23.9. The number of hydrogen-bond donors (Lipinski definition) is 2. The van der Waals surface area contributed by atoms with E-state index in [4.69, 9.17) is 11.6 Å². The van der Waals surface area contributed by atoms with Crippen molar-refractivity contribution in [2.24, 2.45) is 0 Å². The van der Waals surface area contributed by atoms with E-state index in [1.54, 1.807) is 0 Å². The molecule has 0 unspecified atom stereocenters. The number of nitrogens with zero attached hydrogens (tertiary/aromatic N) is 6. The Morgan fingerprint density at radius 1 is 0.857 bits per heavy atom. The van der Waals surface area contributed by atoms with Gasteiger partial charge >= 0.3 is 5.69 Å². The molecule has 0 atom stereocenters. The number of rotatable bonds is 9. The molecule has 214 valence electrons. The van der Waals surface area contributed by atoms with Crippen LogP contribution in [0.5, 0.6) is 0 Å². The molecule has 14 heteroatoms. The first-order valence-corrected chi connectivity index (χ1v) is 13.3. The number of anilines is 2. The molecule has 0 saturated carbocycles. The number of hydrazine groups is 1. The Morgan fingerprint density at radius 2 is 1.48 bits per heavy atom. The van der Waals surface area contributed by atoms with E-state index in [9.17, 15) is 25.0 Å². The smallest absolute Gasteiger partial charge is 0.348 e. The van der Waals surface area contributed by atoms with Crippen LogP contribution in [0, 0.1) is 20.2 Å². The van der Waals surface area contributed by atoms with Crippen molar-refractivity contribution in [1.29, 1.82) is 0 Å². The van der Waals surface area contributed by atoms with Crippen LogP contribution in [0.25, 0.3) is 0 Å². The molecule has 1 fully saturated rings. The lowest BCUT2D eigenvalue weighted by Crippen LogP contribution is -2.48. The van der Waals surface area contributed by atoms with Gasteiger partial charge in [-0.1, -0.05) is 72.3 Å². The normalized spacial score (nSPS) is 13.5. The highest BCUT2D eigenvalue weighted by molar-refractivity contribution is 6.32. The van der Waals surface area contributed by atoms with E-state index in [2.05, 4.69) is 50.0 Å². The van der Waals surface area contributed by atoms with E-state index in [0.717, 1.165) is 17.2 Å². The molecule has 4 aromatic rings. The molecule has 2 heterocycles. The van der Waals surface area contributed by atoms with E-state index < -0.39 is 27.1 Å². The van der Waals surface area contributed by atoms with Gasteiger partial charge < -0.3 is 4.90 Å². The van der Waals surface area contributed by atoms with Crippen LogP contribution in [0.3, 0.4) is 0 Å². The maximum absolute atomic E-state index is 12.6. The van der Waals surface area contributed by atoms with Gasteiger partial charge in [-0.25, -0.2) is 9.97 Å². The molecule has 0 radical (unpaired) electrons. The summed E-state index contributed by atoms with van der Waals surface area (Å²) in [6.07, 6.45) is 1.17. The number of benzene rings is 3. The number of nitro groups is 2. The van der Waals surface area contributed by atoms with Gasteiger partial charge in [-0.2, -0.15) is 0 Å². The topological polar surface area (TPSA) is 160 Å². The summed E-state index contributed by atoms with van der Waals surface area (Å²) >= 11 is 5.82. The van der Waals surface area contributed by atoms with Crippen LogP contribution in [-0.4, -0.2) is 56.8 Å². The monoisotopic (exact) mass is 588 g/mol. The fraction of sp³-hybridized carbons (Fsp3) is 0.179. The van der Waals surface area contributed by atoms with Gasteiger partial charge in [0.25, 0.3) is 11.6 Å². The number of amides is 1. The molecule has 13 nitrogen and oxygen atoms in total. The first kappa shape index (κ1) is 28.4. The van der Waals surface area contributed by atoms with Crippen LogP contribution in [0.1, 0.15) is 27.5 Å². The van der Waals surface area contributed by atoms with Crippen molar-refractivity contribution in [2.75, 3.05) is 36.5 Å². The SMILES string of the molecule is O=C(NNc1ncnc(N2CCN(C(c3ccccc3)c3ccccc3)CC2)c1[N+](=O)[O-])c1ccc(Cl)c([N+](=O)[O-])c1. The van der Waals surface area contributed by atoms with Gasteiger partial charge in [0.2, 0.25) is 11.6 Å². The van der Waals surface area contributed by atoms with Crippen LogP contribution in [-0.2, 0) is 0 Å². The lowest BCUT2D eigenvalue weighted by atomic mass is 9.96. The minimum atomic E-state index is -0.772. The Kier molecular flexibility index (Phi) is 8.50. The number of hydrogen-bond acceptors (Lipinski definition) is 10. The van der Waals surface area contributed by atoms with Crippen molar-refractivity contribution in [2.45, 2.75) is 6.04 Å². The predicted molar refractivity (Wildman–Crippen MR) is 156 cm³/mol. The zero-order chi connectivity index (χ0) is 29.6. The maximum Gasteiger partial charge on any atom is 0.355 e. The molecular formula is C28H25ClN8O5. The van der Waals surface area contributed by atoms with Crippen molar-refractivity contribution in [3.63, 3.8) is 0 Å². The highest BCUT2D eigenvalue weighted by Gasteiger charge is 2.32. The number of nitrogens with one attached hydrogen (secondary N) is 2. The molecule has 42 heavy (non-hydrogen) atoms. The summed E-state index contributed by atoms with van der Waals surface area (Å²) in [4.78, 5) is 46.9. The third kappa shape index (κ3) is 6.11. The van der Waals surface area contributed by atoms with Crippen molar-refractivity contribution in [3.05, 3.63) is 127 Å². The molecular weight excluding hydrogens is 564 g/mol. The Bertz CT molecular complexity index is 1560. The van der Waals surface area contributed by atoms with E-state index >= 15 is 0 Å². The minimum Gasteiger partial charge on any atom is -0.348 e. The molecule has 2 N–H and O–H groups in total. The first-order valence-electron chi connectivity index (χ1n) is 12.9. The Labute approximate surface area is 245 Å². The number of aromatic nitrogens is 2. The summed E-state index contributed by atoms with van der Waals surface area (Å²) in [5.41, 5.74) is 6.16. The Balaban J connectivity index is 1.33. The minimum absolute atomic E-state index is 0.0195. The Hall–Kier alpha value is -5.14. The van der Waals surface area contributed by atoms with Crippen LogP contribution in [0.4, 0.5) is 23.0 Å². The lowest BCUT2D eigenvalue weighted by Gasteiger charge is -2.40. The zero-order valence-electron chi connectivity index (χ0n) is 22.1. The second-order valence-electron chi connectivity index (χ2n) is 9.40. The number of halogens is 1. The number of nitro benzene ring substituents is 1. The molecule has 1 aliphatic heterocycles. The number of carbonyl (C=O) groups excluding carboxylic acids is 1. The summed E-state index contributed by atoms with van der Waals surface area (Å²) in [6.45, 7) is 2.16. The van der Waals surface area contributed by atoms with Gasteiger partial charge in [-0.3, -0.25) is 40.8 Å². The van der Waals surface area contributed by atoms with Gasteiger partial charge in [-0.05, 0) is 23.3 Å². The third-order valence-electron chi connectivity index (χ3n) is 6.89. The molecule has 1 aromatic heterocycles. The standard InChI is InChI=1S/C28H25ClN8O5/c29-22-12-11-21(17-23(22)36(39)40)28(38)33-32-26-25(37(41)42)27(31-18-30-26)35-15-13-34(14-16-35)24(19-7-3-1-4-8-19)20-9-5-2-6-10-20/h1-12,17-18,24H,13-16H2,(H,33,38)(H,30,31,32). The summed E-state index contributed by atoms with van der Waals surface area (Å²) in [5.74, 6) is -0.883. The van der Waals surface area contributed by atoms with Crippen molar-refractivity contribution in [1.82, 2.24) is 20.3 Å². The molecule has 1 saturated heterocycles. The summed E-state index contributed by atoms with van der Waals surface area (Å²) < 4.78 is 0. The molecule has 0 aliphatic carbocycles. The van der Waals surface area contributed by atoms with Crippen LogP contribution in [0.2, 0.25) is 5.02 Å².